The second-order valence-electron chi connectivity index (χ2n) is 3.48. The van der Waals surface area contributed by atoms with Crippen LogP contribution in [0, 0.1) is 10.1 Å². The predicted molar refractivity (Wildman–Crippen MR) is 50.2 cm³/mol. The number of rotatable bonds is 5. The number of nitrogens with one attached hydrogen (secondary N) is 2. The number of nitrogens with zero attached hydrogens (tertiary/aromatic N) is 1. The van der Waals surface area contributed by atoms with E-state index in [2.05, 4.69) is 0 Å². The molecule has 0 unspecified atom stereocenters. The van der Waals surface area contributed by atoms with E-state index in [4.69, 9.17) is 0 Å². The van der Waals surface area contributed by atoms with E-state index >= 15 is 0 Å². The molecule has 1 heterocycles. The Bertz CT molecular complexity index is 286. The average Bonchev–Trinajstić information content (AvgIpc) is 2.46. The summed E-state index contributed by atoms with van der Waals surface area (Å²) in [6.45, 7) is 1.94. The molecule has 1 aliphatic rings. The molecule has 0 atom stereocenters. The van der Waals surface area contributed by atoms with Crippen LogP contribution >= 0.6 is 0 Å². The molecule has 7 heteroatoms. The lowest BCUT2D eigenvalue weighted by Gasteiger charge is -2.13. The van der Waals surface area contributed by atoms with Crippen LogP contribution < -0.4 is 10.9 Å². The van der Waals surface area contributed by atoms with E-state index in [0.717, 1.165) is 12.8 Å². The van der Waals surface area contributed by atoms with Gasteiger partial charge in [-0.15, -0.1) is 0 Å². The van der Waals surface area contributed by atoms with E-state index in [1.54, 1.807) is 0 Å². The highest BCUT2D eigenvalue weighted by atomic mass is 16.6. The number of carbonyl (C=O) groups excluding carboxylic acids is 2. The smallest absolute Gasteiger partial charge is 0.264 e. The van der Waals surface area contributed by atoms with Crippen molar-refractivity contribution in [3.8, 4) is 0 Å². The Balaban J connectivity index is 2.83. The van der Waals surface area contributed by atoms with Gasteiger partial charge in [0.2, 0.25) is 0 Å². The summed E-state index contributed by atoms with van der Waals surface area (Å²) in [5, 5.41) is 10.8. The van der Waals surface area contributed by atoms with Crippen LogP contribution in [-0.2, 0) is 9.59 Å². The van der Waals surface area contributed by atoms with Crippen LogP contribution in [0.5, 0.6) is 0 Å². The minimum atomic E-state index is -2.12. The van der Waals surface area contributed by atoms with E-state index < -0.39 is 22.3 Å². The molecule has 0 aromatic carbocycles. The molecule has 15 heavy (non-hydrogen) atoms. The summed E-state index contributed by atoms with van der Waals surface area (Å²) in [5.74, 6) is -1.73. The maximum Gasteiger partial charge on any atom is 0.377 e. The quantitative estimate of drug-likeness (QED) is 0.285. The van der Waals surface area contributed by atoms with Gasteiger partial charge < -0.3 is 0 Å². The molecule has 0 radical (unpaired) electrons. The standard InChI is InChI=1S/C8H13N3O4/c1-2-3-4-5-8(11(14)15)6(12)9-10-7(8)13/h2-5H2,1H3,(H,9,12)(H,10,13). The number of hydrogen-bond acceptors (Lipinski definition) is 4. The van der Waals surface area contributed by atoms with Crippen molar-refractivity contribution in [2.24, 2.45) is 0 Å². The second-order valence-corrected chi connectivity index (χ2v) is 3.48. The van der Waals surface area contributed by atoms with Gasteiger partial charge in [-0.25, -0.2) is 0 Å². The van der Waals surface area contributed by atoms with Gasteiger partial charge in [-0.3, -0.25) is 30.6 Å². The molecule has 0 aromatic rings. The summed E-state index contributed by atoms with van der Waals surface area (Å²) < 4.78 is 0. The summed E-state index contributed by atoms with van der Waals surface area (Å²) in [5.41, 5.74) is 1.86. The monoisotopic (exact) mass is 215 g/mol. The van der Waals surface area contributed by atoms with Gasteiger partial charge in [0.25, 0.3) is 0 Å². The molecular formula is C8H13N3O4. The molecule has 7 nitrogen and oxygen atoms in total. The summed E-state index contributed by atoms with van der Waals surface area (Å²) in [6.07, 6.45) is 2.07. The minimum Gasteiger partial charge on any atom is -0.264 e. The van der Waals surface area contributed by atoms with Crippen molar-refractivity contribution in [3.63, 3.8) is 0 Å². The van der Waals surface area contributed by atoms with Gasteiger partial charge in [0.05, 0.1) is 0 Å². The van der Waals surface area contributed by atoms with Crippen molar-refractivity contribution in [1.29, 1.82) is 0 Å². The number of unbranched alkanes of at least 4 members (excludes halogenated alkanes) is 2. The van der Waals surface area contributed by atoms with Crippen LogP contribution in [0.4, 0.5) is 0 Å². The highest BCUT2D eigenvalue weighted by molar-refractivity contribution is 6.12. The minimum absolute atomic E-state index is 0.0501. The van der Waals surface area contributed by atoms with E-state index in [1.165, 1.54) is 0 Å². The molecule has 1 fully saturated rings. The van der Waals surface area contributed by atoms with Crippen molar-refractivity contribution in [2.45, 2.75) is 38.1 Å². The molecule has 84 valence electrons. The zero-order valence-corrected chi connectivity index (χ0v) is 8.41. The molecule has 1 aliphatic heterocycles. The van der Waals surface area contributed by atoms with Gasteiger partial charge in [-0.1, -0.05) is 19.8 Å². The first-order valence-electron chi connectivity index (χ1n) is 4.81. The van der Waals surface area contributed by atoms with Crippen LogP contribution in [0.15, 0.2) is 0 Å². The van der Waals surface area contributed by atoms with Gasteiger partial charge in [-0.2, -0.15) is 0 Å². The summed E-state index contributed by atoms with van der Waals surface area (Å²) in [6, 6.07) is 0. The number of hydrazine groups is 1. The van der Waals surface area contributed by atoms with Crippen LogP contribution in [0.2, 0.25) is 0 Å². The number of hydrogen-bond donors (Lipinski definition) is 2. The SMILES string of the molecule is CCCCCC1([N+](=O)[O-])C(=O)NNC1=O. The first-order chi connectivity index (χ1) is 7.05. The fourth-order valence-corrected chi connectivity index (χ4v) is 1.54. The van der Waals surface area contributed by atoms with Crippen LogP contribution in [0.3, 0.4) is 0 Å². The maximum atomic E-state index is 11.3. The Kier molecular flexibility index (Phi) is 3.23. The van der Waals surface area contributed by atoms with E-state index in [1.807, 2.05) is 17.8 Å². The fraction of sp³-hybridized carbons (Fsp3) is 0.750. The van der Waals surface area contributed by atoms with Gasteiger partial charge in [-0.05, 0) is 6.42 Å². The average molecular weight is 215 g/mol. The molecule has 2 amide bonds. The third-order valence-corrected chi connectivity index (χ3v) is 2.49. The number of nitro groups is 1. The lowest BCUT2D eigenvalue weighted by molar-refractivity contribution is -0.535. The molecule has 1 rings (SSSR count). The third kappa shape index (κ3) is 1.77. The maximum absolute atomic E-state index is 11.3. The van der Waals surface area contributed by atoms with Crippen molar-refractivity contribution in [1.82, 2.24) is 10.9 Å². The zero-order valence-electron chi connectivity index (χ0n) is 8.41. The summed E-state index contributed by atoms with van der Waals surface area (Å²) in [4.78, 5) is 32.6. The first-order valence-corrected chi connectivity index (χ1v) is 4.81. The Labute approximate surface area is 86.3 Å². The molecule has 1 saturated heterocycles. The van der Waals surface area contributed by atoms with Crippen molar-refractivity contribution in [3.05, 3.63) is 10.1 Å². The van der Waals surface area contributed by atoms with Crippen molar-refractivity contribution >= 4 is 11.8 Å². The normalized spacial score (nSPS) is 18.5. The fourth-order valence-electron chi connectivity index (χ4n) is 1.54. The van der Waals surface area contributed by atoms with Gasteiger partial charge >= 0.3 is 17.4 Å². The van der Waals surface area contributed by atoms with Crippen molar-refractivity contribution in [2.75, 3.05) is 0 Å². The molecule has 0 aliphatic carbocycles. The number of carbonyl (C=O) groups is 2. The second kappa shape index (κ2) is 4.24. The Morgan fingerprint density at radius 2 is 1.80 bits per heavy atom. The van der Waals surface area contributed by atoms with Crippen LogP contribution in [-0.4, -0.2) is 22.3 Å². The van der Waals surface area contributed by atoms with E-state index in [-0.39, 0.29) is 6.42 Å². The van der Waals surface area contributed by atoms with Gasteiger partial charge in [0.15, 0.2) is 0 Å². The zero-order chi connectivity index (χ0) is 11.5. The molecule has 2 N–H and O–H groups in total. The topological polar surface area (TPSA) is 101 Å². The largest absolute Gasteiger partial charge is 0.377 e. The lowest BCUT2D eigenvalue weighted by Crippen LogP contribution is -2.50. The Morgan fingerprint density at radius 1 is 1.27 bits per heavy atom. The molecule has 0 bridgehead atoms. The predicted octanol–water partition coefficient (Wildman–Crippen LogP) is -0.257. The number of amides is 2. The van der Waals surface area contributed by atoms with Gasteiger partial charge in [0.1, 0.15) is 0 Å². The first kappa shape index (κ1) is 11.4. The van der Waals surface area contributed by atoms with Crippen LogP contribution in [0.1, 0.15) is 32.6 Å². The lowest BCUT2D eigenvalue weighted by atomic mass is 9.92. The summed E-state index contributed by atoms with van der Waals surface area (Å²) >= 11 is 0. The Morgan fingerprint density at radius 3 is 2.20 bits per heavy atom. The highest BCUT2D eigenvalue weighted by Crippen LogP contribution is 2.22. The molecular weight excluding hydrogens is 202 g/mol. The van der Waals surface area contributed by atoms with E-state index in [9.17, 15) is 19.7 Å². The summed E-state index contributed by atoms with van der Waals surface area (Å²) in [7, 11) is 0. The molecule has 0 saturated carbocycles. The molecule has 0 aromatic heterocycles. The van der Waals surface area contributed by atoms with Crippen molar-refractivity contribution < 1.29 is 14.5 Å². The Hall–Kier alpha value is -1.66. The highest BCUT2D eigenvalue weighted by Gasteiger charge is 2.62. The van der Waals surface area contributed by atoms with E-state index in [0.29, 0.717) is 6.42 Å². The molecule has 0 spiro atoms. The third-order valence-electron chi connectivity index (χ3n) is 2.49. The van der Waals surface area contributed by atoms with Crippen LogP contribution in [0.25, 0.3) is 0 Å². The van der Waals surface area contributed by atoms with Gasteiger partial charge in [0, 0.05) is 11.3 Å².